The molecule has 3 heteroatoms. The van der Waals surface area contributed by atoms with Crippen molar-refractivity contribution < 1.29 is 4.79 Å². The molecule has 1 fully saturated rings. The van der Waals surface area contributed by atoms with Gasteiger partial charge in [0.1, 0.15) is 0 Å². The van der Waals surface area contributed by atoms with Gasteiger partial charge in [0.05, 0.1) is 0 Å². The topological polar surface area (TPSA) is 46.3 Å². The van der Waals surface area contributed by atoms with Crippen molar-refractivity contribution in [3.05, 3.63) is 0 Å². The molecule has 3 atom stereocenters. The minimum Gasteiger partial charge on any atom is -0.342 e. The van der Waals surface area contributed by atoms with Crippen LogP contribution in [0.15, 0.2) is 0 Å². The van der Waals surface area contributed by atoms with E-state index in [1.807, 2.05) is 4.90 Å². The number of amides is 1. The number of nitrogens with two attached hydrogens (primary N) is 1. The van der Waals surface area contributed by atoms with Crippen molar-refractivity contribution in [1.82, 2.24) is 4.90 Å². The lowest BCUT2D eigenvalue weighted by atomic mass is 9.90. The summed E-state index contributed by atoms with van der Waals surface area (Å²) in [6.45, 7) is 10.4. The van der Waals surface area contributed by atoms with Crippen LogP contribution in [0.5, 0.6) is 0 Å². The Kier molecular flexibility index (Phi) is 5.44. The van der Waals surface area contributed by atoms with Gasteiger partial charge in [-0.2, -0.15) is 0 Å². The molecule has 17 heavy (non-hydrogen) atoms. The number of carbonyl (C=O) groups excluding carboxylic acids is 1. The summed E-state index contributed by atoms with van der Waals surface area (Å²) in [7, 11) is 0. The largest absolute Gasteiger partial charge is 0.342 e. The fourth-order valence-electron chi connectivity index (χ4n) is 2.31. The molecule has 0 aromatic rings. The van der Waals surface area contributed by atoms with Crippen molar-refractivity contribution in [3.8, 4) is 0 Å². The second-order valence-corrected chi connectivity index (χ2v) is 6.03. The molecule has 1 saturated heterocycles. The van der Waals surface area contributed by atoms with Gasteiger partial charge in [0.25, 0.3) is 0 Å². The molecule has 0 saturated carbocycles. The van der Waals surface area contributed by atoms with Crippen LogP contribution in [-0.2, 0) is 4.79 Å². The zero-order valence-corrected chi connectivity index (χ0v) is 11.8. The van der Waals surface area contributed by atoms with Gasteiger partial charge in [-0.3, -0.25) is 4.79 Å². The molecule has 0 aliphatic carbocycles. The Morgan fingerprint density at radius 2 is 2.00 bits per heavy atom. The van der Waals surface area contributed by atoms with E-state index in [-0.39, 0.29) is 6.04 Å². The summed E-state index contributed by atoms with van der Waals surface area (Å²) in [5, 5.41) is 0. The van der Waals surface area contributed by atoms with Gasteiger partial charge in [0.2, 0.25) is 5.91 Å². The maximum atomic E-state index is 12.2. The number of likely N-dealkylation sites (tertiary alicyclic amines) is 1. The number of hydrogen-bond acceptors (Lipinski definition) is 2. The van der Waals surface area contributed by atoms with Gasteiger partial charge in [-0.05, 0) is 37.5 Å². The molecule has 0 aromatic heterocycles. The summed E-state index contributed by atoms with van der Waals surface area (Å²) in [5.74, 6) is 1.85. The molecule has 0 bridgehead atoms. The van der Waals surface area contributed by atoms with Gasteiger partial charge in [-0.25, -0.2) is 0 Å². The highest BCUT2D eigenvalue weighted by Crippen LogP contribution is 2.21. The molecule has 100 valence electrons. The monoisotopic (exact) mass is 240 g/mol. The molecule has 1 heterocycles. The molecule has 1 rings (SSSR count). The third-order valence-corrected chi connectivity index (χ3v) is 4.19. The van der Waals surface area contributed by atoms with Crippen LogP contribution in [0.25, 0.3) is 0 Å². The fraction of sp³-hybridized carbons (Fsp3) is 0.929. The maximum Gasteiger partial charge on any atom is 0.222 e. The summed E-state index contributed by atoms with van der Waals surface area (Å²) in [6.07, 6.45) is 2.96. The zero-order chi connectivity index (χ0) is 13.0. The van der Waals surface area contributed by atoms with Crippen LogP contribution in [0, 0.1) is 17.8 Å². The number of piperidine rings is 1. The van der Waals surface area contributed by atoms with E-state index in [2.05, 4.69) is 27.7 Å². The Bertz CT molecular complexity index is 251. The third kappa shape index (κ3) is 4.30. The SMILES string of the molecule is CC(C)C(C)CC(=O)N1CCCC(C(C)N)C1. The Morgan fingerprint density at radius 3 is 2.53 bits per heavy atom. The maximum absolute atomic E-state index is 12.2. The molecular weight excluding hydrogens is 212 g/mol. The van der Waals surface area contributed by atoms with Gasteiger partial charge in [-0.15, -0.1) is 0 Å². The second-order valence-electron chi connectivity index (χ2n) is 6.03. The molecule has 0 radical (unpaired) electrons. The van der Waals surface area contributed by atoms with Gasteiger partial charge in [0.15, 0.2) is 0 Å². The van der Waals surface area contributed by atoms with E-state index < -0.39 is 0 Å². The minimum atomic E-state index is 0.202. The first-order chi connectivity index (χ1) is 7.91. The molecule has 0 aromatic carbocycles. The van der Waals surface area contributed by atoms with Crippen LogP contribution in [0.2, 0.25) is 0 Å². The van der Waals surface area contributed by atoms with E-state index in [0.717, 1.165) is 19.5 Å². The summed E-state index contributed by atoms with van der Waals surface area (Å²) in [5.41, 5.74) is 5.94. The van der Waals surface area contributed by atoms with E-state index in [9.17, 15) is 4.79 Å². The first-order valence-electron chi connectivity index (χ1n) is 6.95. The van der Waals surface area contributed by atoms with E-state index in [0.29, 0.717) is 30.1 Å². The number of carbonyl (C=O) groups is 1. The van der Waals surface area contributed by atoms with Crippen molar-refractivity contribution in [2.24, 2.45) is 23.5 Å². The van der Waals surface area contributed by atoms with Crippen LogP contribution >= 0.6 is 0 Å². The highest BCUT2D eigenvalue weighted by Gasteiger charge is 2.26. The van der Waals surface area contributed by atoms with Gasteiger partial charge < -0.3 is 10.6 Å². The van der Waals surface area contributed by atoms with Crippen molar-refractivity contribution >= 4 is 5.91 Å². The summed E-state index contributed by atoms with van der Waals surface area (Å²) in [4.78, 5) is 14.2. The molecule has 1 amide bonds. The molecule has 2 N–H and O–H groups in total. The Labute approximate surface area is 106 Å². The standard InChI is InChI=1S/C14H28N2O/c1-10(2)11(3)8-14(17)16-7-5-6-13(9-16)12(4)15/h10-13H,5-9,15H2,1-4H3. The van der Waals surface area contributed by atoms with Gasteiger partial charge in [0, 0.05) is 25.6 Å². The van der Waals surface area contributed by atoms with Gasteiger partial charge >= 0.3 is 0 Å². The fourth-order valence-corrected chi connectivity index (χ4v) is 2.31. The average molecular weight is 240 g/mol. The third-order valence-electron chi connectivity index (χ3n) is 4.19. The predicted octanol–water partition coefficient (Wildman–Crippen LogP) is 2.25. The minimum absolute atomic E-state index is 0.202. The Morgan fingerprint density at radius 1 is 1.35 bits per heavy atom. The lowest BCUT2D eigenvalue weighted by Gasteiger charge is -2.35. The first kappa shape index (κ1) is 14.5. The van der Waals surface area contributed by atoms with E-state index in [1.54, 1.807) is 0 Å². The van der Waals surface area contributed by atoms with Crippen LogP contribution in [0.4, 0.5) is 0 Å². The molecule has 0 spiro atoms. The van der Waals surface area contributed by atoms with E-state index in [4.69, 9.17) is 5.73 Å². The van der Waals surface area contributed by atoms with Crippen molar-refractivity contribution in [2.45, 2.75) is 53.0 Å². The first-order valence-corrected chi connectivity index (χ1v) is 6.95. The number of rotatable bonds is 4. The van der Waals surface area contributed by atoms with Crippen LogP contribution in [-0.4, -0.2) is 29.9 Å². The quantitative estimate of drug-likeness (QED) is 0.819. The van der Waals surface area contributed by atoms with Gasteiger partial charge in [-0.1, -0.05) is 20.8 Å². The Balaban J connectivity index is 2.46. The lowest BCUT2D eigenvalue weighted by Crippen LogP contribution is -2.45. The van der Waals surface area contributed by atoms with Crippen LogP contribution in [0.1, 0.15) is 47.0 Å². The highest BCUT2D eigenvalue weighted by atomic mass is 16.2. The molecular formula is C14H28N2O. The van der Waals surface area contributed by atoms with E-state index in [1.165, 1.54) is 6.42 Å². The second kappa shape index (κ2) is 6.39. The predicted molar refractivity (Wildman–Crippen MR) is 71.6 cm³/mol. The summed E-state index contributed by atoms with van der Waals surface area (Å²) in [6, 6.07) is 0.202. The van der Waals surface area contributed by atoms with Crippen LogP contribution < -0.4 is 5.73 Å². The van der Waals surface area contributed by atoms with Crippen LogP contribution in [0.3, 0.4) is 0 Å². The Hall–Kier alpha value is -0.570. The average Bonchev–Trinajstić information content (AvgIpc) is 2.28. The smallest absolute Gasteiger partial charge is 0.222 e. The molecule has 1 aliphatic rings. The summed E-state index contributed by atoms with van der Waals surface area (Å²) < 4.78 is 0. The van der Waals surface area contributed by atoms with Crippen molar-refractivity contribution in [3.63, 3.8) is 0 Å². The highest BCUT2D eigenvalue weighted by molar-refractivity contribution is 5.76. The normalized spacial score (nSPS) is 24.8. The van der Waals surface area contributed by atoms with Crippen molar-refractivity contribution in [1.29, 1.82) is 0 Å². The van der Waals surface area contributed by atoms with Crippen molar-refractivity contribution in [2.75, 3.05) is 13.1 Å². The molecule has 1 aliphatic heterocycles. The molecule has 3 nitrogen and oxygen atoms in total. The lowest BCUT2D eigenvalue weighted by molar-refractivity contribution is -0.134. The zero-order valence-electron chi connectivity index (χ0n) is 11.8. The number of hydrogen-bond donors (Lipinski definition) is 1. The molecule has 3 unspecified atom stereocenters. The summed E-state index contributed by atoms with van der Waals surface area (Å²) >= 11 is 0. The number of nitrogens with zero attached hydrogens (tertiary/aromatic N) is 1. The van der Waals surface area contributed by atoms with E-state index >= 15 is 0 Å².